The predicted molar refractivity (Wildman–Crippen MR) is 83.0 cm³/mol. The van der Waals surface area contributed by atoms with E-state index in [9.17, 15) is 4.39 Å². The number of hydrogen-bond donors (Lipinski definition) is 3. The lowest BCUT2D eigenvalue weighted by atomic mass is 10.2. The Hall–Kier alpha value is -2.21. The summed E-state index contributed by atoms with van der Waals surface area (Å²) in [7, 11) is 0. The van der Waals surface area contributed by atoms with Crippen LogP contribution < -0.4 is 16.6 Å². The zero-order chi connectivity index (χ0) is 15.4. The highest BCUT2D eigenvalue weighted by molar-refractivity contribution is 5.64. The third-order valence-corrected chi connectivity index (χ3v) is 3.24. The number of nitrogens with one attached hydrogen (secondary N) is 2. The van der Waals surface area contributed by atoms with Crippen molar-refractivity contribution in [3.63, 3.8) is 0 Å². The molecule has 0 fully saturated rings. The molecule has 0 aliphatic rings. The molecule has 0 radical (unpaired) electrons. The second-order valence-corrected chi connectivity index (χ2v) is 4.95. The summed E-state index contributed by atoms with van der Waals surface area (Å²) in [6.07, 6.45) is 1.69. The Balaban J connectivity index is 2.37. The van der Waals surface area contributed by atoms with E-state index in [2.05, 4.69) is 27.6 Å². The van der Waals surface area contributed by atoms with Crippen LogP contribution in [0, 0.1) is 19.7 Å². The molecule has 0 atom stereocenters. The van der Waals surface area contributed by atoms with Crippen molar-refractivity contribution >= 4 is 17.3 Å². The zero-order valence-electron chi connectivity index (χ0n) is 12.5. The van der Waals surface area contributed by atoms with Crippen LogP contribution in [0.5, 0.6) is 0 Å². The van der Waals surface area contributed by atoms with Crippen molar-refractivity contribution in [1.82, 2.24) is 9.97 Å². The van der Waals surface area contributed by atoms with Gasteiger partial charge in [0.05, 0.1) is 0 Å². The minimum Gasteiger partial charge on any atom is -0.340 e. The molecule has 112 valence electrons. The Kier molecular flexibility index (Phi) is 4.70. The smallest absolute Gasteiger partial charge is 0.148 e. The molecule has 1 aromatic carbocycles. The first-order valence-corrected chi connectivity index (χ1v) is 6.92. The molecule has 0 amide bonds. The van der Waals surface area contributed by atoms with Gasteiger partial charge in [-0.2, -0.15) is 0 Å². The van der Waals surface area contributed by atoms with Gasteiger partial charge in [-0.1, -0.05) is 13.0 Å². The Bertz CT molecular complexity index is 642. The van der Waals surface area contributed by atoms with Crippen LogP contribution in [0.1, 0.15) is 30.3 Å². The number of nitrogens with two attached hydrogens (primary N) is 1. The van der Waals surface area contributed by atoms with Crippen molar-refractivity contribution < 1.29 is 4.39 Å². The number of nitrogen functional groups attached to an aromatic ring is 1. The van der Waals surface area contributed by atoms with Crippen molar-refractivity contribution in [2.24, 2.45) is 5.84 Å². The lowest BCUT2D eigenvalue weighted by Crippen LogP contribution is -2.14. The molecule has 4 N–H and O–H groups in total. The number of nitrogens with zero attached hydrogens (tertiary/aromatic N) is 2. The first kappa shape index (κ1) is 15.2. The van der Waals surface area contributed by atoms with Gasteiger partial charge >= 0.3 is 0 Å². The molecule has 1 heterocycles. The molecular formula is C15H20FN5. The van der Waals surface area contributed by atoms with Gasteiger partial charge in [-0.3, -0.25) is 0 Å². The Morgan fingerprint density at radius 1 is 1.19 bits per heavy atom. The van der Waals surface area contributed by atoms with E-state index in [1.807, 2.05) is 13.0 Å². The number of halogens is 1. The van der Waals surface area contributed by atoms with Crippen LogP contribution >= 0.6 is 0 Å². The van der Waals surface area contributed by atoms with Gasteiger partial charge in [-0.15, -0.1) is 0 Å². The van der Waals surface area contributed by atoms with Gasteiger partial charge in [0.2, 0.25) is 0 Å². The van der Waals surface area contributed by atoms with Gasteiger partial charge in [0.15, 0.2) is 0 Å². The number of aromatic nitrogens is 2. The first-order chi connectivity index (χ1) is 10.0. The Morgan fingerprint density at radius 3 is 2.52 bits per heavy atom. The lowest BCUT2D eigenvalue weighted by Gasteiger charge is -2.14. The van der Waals surface area contributed by atoms with E-state index >= 15 is 0 Å². The fourth-order valence-electron chi connectivity index (χ4n) is 1.97. The van der Waals surface area contributed by atoms with Gasteiger partial charge in [0.25, 0.3) is 0 Å². The molecule has 0 unspecified atom stereocenters. The Labute approximate surface area is 123 Å². The SMILES string of the molecule is CCCc1nc(NN)c(C)c(Nc2ccc(C)c(F)c2)n1. The summed E-state index contributed by atoms with van der Waals surface area (Å²) in [4.78, 5) is 8.83. The molecule has 0 spiro atoms. The number of hydrazine groups is 1. The monoisotopic (exact) mass is 289 g/mol. The number of hydrogen-bond acceptors (Lipinski definition) is 5. The average Bonchev–Trinajstić information content (AvgIpc) is 2.46. The van der Waals surface area contributed by atoms with E-state index < -0.39 is 0 Å². The molecule has 1 aromatic heterocycles. The van der Waals surface area contributed by atoms with Gasteiger partial charge in [0, 0.05) is 17.7 Å². The lowest BCUT2D eigenvalue weighted by molar-refractivity contribution is 0.619. The fraction of sp³-hybridized carbons (Fsp3) is 0.333. The topological polar surface area (TPSA) is 75.9 Å². The molecule has 0 aliphatic carbocycles. The number of aryl methyl sites for hydroxylation is 2. The first-order valence-electron chi connectivity index (χ1n) is 6.92. The molecule has 0 saturated carbocycles. The molecule has 0 aliphatic heterocycles. The third kappa shape index (κ3) is 3.46. The minimum atomic E-state index is -0.252. The summed E-state index contributed by atoms with van der Waals surface area (Å²) in [5.74, 6) is 7.14. The van der Waals surface area contributed by atoms with Crippen LogP contribution in [0.15, 0.2) is 18.2 Å². The highest BCUT2D eigenvalue weighted by Gasteiger charge is 2.11. The molecule has 5 nitrogen and oxygen atoms in total. The van der Waals surface area contributed by atoms with E-state index in [4.69, 9.17) is 5.84 Å². The standard InChI is InChI=1S/C15H20FN5/c1-4-5-13-19-14(10(3)15(20-13)21-17)18-11-7-6-9(2)12(16)8-11/h6-8H,4-5,17H2,1-3H3,(H2,18,19,20,21). The molecule has 0 saturated heterocycles. The fourth-order valence-corrected chi connectivity index (χ4v) is 1.97. The van der Waals surface area contributed by atoms with Crippen LogP contribution in [0.25, 0.3) is 0 Å². The summed E-state index contributed by atoms with van der Waals surface area (Å²) < 4.78 is 13.6. The number of rotatable bonds is 5. The van der Waals surface area contributed by atoms with Crippen molar-refractivity contribution in [3.8, 4) is 0 Å². The molecule has 0 bridgehead atoms. The van der Waals surface area contributed by atoms with Crippen LogP contribution in [0.3, 0.4) is 0 Å². The quantitative estimate of drug-likeness (QED) is 0.582. The summed E-state index contributed by atoms with van der Waals surface area (Å²) in [6, 6.07) is 4.99. The number of anilines is 3. The van der Waals surface area contributed by atoms with Crippen LogP contribution in [0.2, 0.25) is 0 Å². The Morgan fingerprint density at radius 2 is 1.90 bits per heavy atom. The molecular weight excluding hydrogens is 269 g/mol. The van der Waals surface area contributed by atoms with E-state index in [0.29, 0.717) is 28.7 Å². The normalized spacial score (nSPS) is 10.5. The minimum absolute atomic E-state index is 0.252. The summed E-state index contributed by atoms with van der Waals surface area (Å²) in [5.41, 5.74) is 4.62. The molecule has 6 heteroatoms. The number of benzene rings is 1. The van der Waals surface area contributed by atoms with Crippen molar-refractivity contribution in [2.75, 3.05) is 10.7 Å². The molecule has 2 aromatic rings. The zero-order valence-corrected chi connectivity index (χ0v) is 12.5. The maximum absolute atomic E-state index is 13.6. The van der Waals surface area contributed by atoms with Gasteiger partial charge < -0.3 is 10.7 Å². The van der Waals surface area contributed by atoms with Crippen molar-refractivity contribution in [3.05, 3.63) is 41.0 Å². The van der Waals surface area contributed by atoms with Crippen molar-refractivity contribution in [2.45, 2.75) is 33.6 Å². The van der Waals surface area contributed by atoms with Crippen LogP contribution in [-0.2, 0) is 6.42 Å². The van der Waals surface area contributed by atoms with E-state index in [0.717, 1.165) is 18.4 Å². The van der Waals surface area contributed by atoms with Crippen molar-refractivity contribution in [1.29, 1.82) is 0 Å². The summed E-state index contributed by atoms with van der Waals surface area (Å²) in [5, 5.41) is 3.13. The van der Waals surface area contributed by atoms with Gasteiger partial charge in [-0.05, 0) is 38.0 Å². The van der Waals surface area contributed by atoms with Gasteiger partial charge in [0.1, 0.15) is 23.3 Å². The maximum atomic E-state index is 13.6. The average molecular weight is 289 g/mol. The highest BCUT2D eigenvalue weighted by Crippen LogP contribution is 2.24. The van der Waals surface area contributed by atoms with Gasteiger partial charge in [-0.25, -0.2) is 20.2 Å². The van der Waals surface area contributed by atoms with Crippen LogP contribution in [-0.4, -0.2) is 9.97 Å². The third-order valence-electron chi connectivity index (χ3n) is 3.24. The van der Waals surface area contributed by atoms with E-state index in [1.165, 1.54) is 6.07 Å². The summed E-state index contributed by atoms with van der Waals surface area (Å²) in [6.45, 7) is 5.64. The maximum Gasteiger partial charge on any atom is 0.148 e. The van der Waals surface area contributed by atoms with E-state index in [-0.39, 0.29) is 5.82 Å². The second kappa shape index (κ2) is 6.49. The molecule has 21 heavy (non-hydrogen) atoms. The highest BCUT2D eigenvalue weighted by atomic mass is 19.1. The predicted octanol–water partition coefficient (Wildman–Crippen LogP) is 3.21. The van der Waals surface area contributed by atoms with E-state index in [1.54, 1.807) is 13.0 Å². The largest absolute Gasteiger partial charge is 0.340 e. The van der Waals surface area contributed by atoms with Crippen LogP contribution in [0.4, 0.5) is 21.7 Å². The second-order valence-electron chi connectivity index (χ2n) is 4.95. The summed E-state index contributed by atoms with van der Waals surface area (Å²) >= 11 is 0. The molecule has 2 rings (SSSR count).